The maximum Gasteiger partial charge on any atom is 0.163 e. The van der Waals surface area contributed by atoms with Gasteiger partial charge in [0, 0.05) is 37.4 Å². The molecule has 0 aliphatic heterocycles. The fraction of sp³-hybridized carbons (Fsp3) is 0.400. The summed E-state index contributed by atoms with van der Waals surface area (Å²) in [7, 11) is 3.99. The van der Waals surface area contributed by atoms with E-state index < -0.39 is 0 Å². The second-order valence-corrected chi connectivity index (χ2v) is 6.99. The molecular formula is C20H23N5. The summed E-state index contributed by atoms with van der Waals surface area (Å²) in [6.07, 6.45) is 11.8. The van der Waals surface area contributed by atoms with E-state index in [0.717, 1.165) is 28.1 Å². The summed E-state index contributed by atoms with van der Waals surface area (Å²) in [5, 5.41) is 1.09. The van der Waals surface area contributed by atoms with Crippen LogP contribution in [0.25, 0.3) is 22.3 Å². The van der Waals surface area contributed by atoms with Crippen LogP contribution < -0.4 is 4.90 Å². The van der Waals surface area contributed by atoms with Crippen molar-refractivity contribution in [3.63, 3.8) is 0 Å². The van der Waals surface area contributed by atoms with Gasteiger partial charge in [0.2, 0.25) is 0 Å². The third-order valence-corrected chi connectivity index (χ3v) is 5.07. The molecule has 0 N–H and O–H groups in total. The lowest BCUT2D eigenvalue weighted by Crippen LogP contribution is -2.10. The molecule has 128 valence electrons. The Balaban J connectivity index is 1.81. The second-order valence-electron chi connectivity index (χ2n) is 6.99. The van der Waals surface area contributed by atoms with Gasteiger partial charge in [-0.25, -0.2) is 19.9 Å². The third kappa shape index (κ3) is 3.18. The zero-order chi connectivity index (χ0) is 17.2. The number of rotatable bonds is 3. The highest BCUT2D eigenvalue weighted by molar-refractivity contribution is 5.82. The van der Waals surface area contributed by atoms with Gasteiger partial charge in [0.1, 0.15) is 12.1 Å². The lowest BCUT2D eigenvalue weighted by Gasteiger charge is -2.23. The van der Waals surface area contributed by atoms with Crippen molar-refractivity contribution in [1.29, 1.82) is 0 Å². The fourth-order valence-electron chi connectivity index (χ4n) is 3.69. The number of anilines is 1. The standard InChI is InChI=1S/C20H23N5/c1-25(2)19-9-8-15(11-22-19)18-10-16(14-6-4-3-5-7-14)17-12-21-13-23-20(17)24-18/h8-14H,3-7H2,1-2H3. The molecule has 0 aromatic carbocycles. The van der Waals surface area contributed by atoms with Gasteiger partial charge in [-0.15, -0.1) is 0 Å². The van der Waals surface area contributed by atoms with Crippen LogP contribution in [0.4, 0.5) is 5.82 Å². The first kappa shape index (κ1) is 15.9. The Morgan fingerprint density at radius 3 is 2.56 bits per heavy atom. The molecule has 0 saturated heterocycles. The number of hydrogen-bond donors (Lipinski definition) is 0. The Morgan fingerprint density at radius 1 is 1.00 bits per heavy atom. The van der Waals surface area contributed by atoms with Crippen LogP contribution in [0.2, 0.25) is 0 Å². The van der Waals surface area contributed by atoms with E-state index in [2.05, 4.69) is 27.1 Å². The molecule has 1 saturated carbocycles. The Bertz CT molecular complexity index is 867. The summed E-state index contributed by atoms with van der Waals surface area (Å²) in [6.45, 7) is 0. The van der Waals surface area contributed by atoms with Gasteiger partial charge < -0.3 is 4.90 Å². The predicted octanol–water partition coefficient (Wildman–Crippen LogP) is 4.20. The molecule has 3 heterocycles. The highest BCUT2D eigenvalue weighted by Crippen LogP contribution is 2.37. The van der Waals surface area contributed by atoms with Crippen LogP contribution in [0.1, 0.15) is 43.6 Å². The van der Waals surface area contributed by atoms with Crippen LogP contribution in [0.3, 0.4) is 0 Å². The Labute approximate surface area is 148 Å². The molecule has 0 amide bonds. The maximum atomic E-state index is 4.77. The Morgan fingerprint density at radius 2 is 1.84 bits per heavy atom. The van der Waals surface area contributed by atoms with Gasteiger partial charge >= 0.3 is 0 Å². The van der Waals surface area contributed by atoms with Crippen molar-refractivity contribution in [1.82, 2.24) is 19.9 Å². The van der Waals surface area contributed by atoms with Gasteiger partial charge in [-0.05, 0) is 42.5 Å². The molecule has 0 spiro atoms. The second kappa shape index (κ2) is 6.75. The van der Waals surface area contributed by atoms with E-state index in [-0.39, 0.29) is 0 Å². The van der Waals surface area contributed by atoms with E-state index in [4.69, 9.17) is 4.98 Å². The first-order valence-electron chi connectivity index (χ1n) is 8.97. The van der Waals surface area contributed by atoms with E-state index in [1.54, 1.807) is 6.33 Å². The van der Waals surface area contributed by atoms with Crippen LogP contribution in [-0.2, 0) is 0 Å². The van der Waals surface area contributed by atoms with Crippen LogP contribution in [0, 0.1) is 0 Å². The van der Waals surface area contributed by atoms with E-state index in [0.29, 0.717) is 5.92 Å². The predicted molar refractivity (Wildman–Crippen MR) is 101 cm³/mol. The molecule has 3 aromatic rings. The third-order valence-electron chi connectivity index (χ3n) is 5.07. The van der Waals surface area contributed by atoms with Crippen LogP contribution >= 0.6 is 0 Å². The molecule has 1 aliphatic carbocycles. The maximum absolute atomic E-state index is 4.77. The van der Waals surface area contributed by atoms with E-state index in [1.165, 1.54) is 37.7 Å². The highest BCUT2D eigenvalue weighted by Gasteiger charge is 2.20. The molecule has 0 radical (unpaired) electrons. The number of fused-ring (bicyclic) bond motifs is 1. The zero-order valence-electron chi connectivity index (χ0n) is 14.8. The zero-order valence-corrected chi connectivity index (χ0v) is 14.8. The summed E-state index contributed by atoms with van der Waals surface area (Å²) in [6, 6.07) is 6.35. The summed E-state index contributed by atoms with van der Waals surface area (Å²) >= 11 is 0. The van der Waals surface area contributed by atoms with Crippen molar-refractivity contribution in [2.24, 2.45) is 0 Å². The normalized spacial score (nSPS) is 15.4. The number of pyridine rings is 2. The lowest BCUT2D eigenvalue weighted by atomic mass is 9.83. The van der Waals surface area contributed by atoms with Crippen molar-refractivity contribution in [3.8, 4) is 11.3 Å². The number of nitrogens with zero attached hydrogens (tertiary/aromatic N) is 5. The van der Waals surface area contributed by atoms with Crippen molar-refractivity contribution in [3.05, 3.63) is 42.5 Å². The quantitative estimate of drug-likeness (QED) is 0.719. The molecule has 5 nitrogen and oxygen atoms in total. The minimum atomic E-state index is 0.581. The largest absolute Gasteiger partial charge is 0.363 e. The number of aromatic nitrogens is 4. The first-order chi connectivity index (χ1) is 12.2. The van der Waals surface area contributed by atoms with Crippen LogP contribution in [-0.4, -0.2) is 34.0 Å². The van der Waals surface area contributed by atoms with Crippen molar-refractivity contribution >= 4 is 16.9 Å². The first-order valence-corrected chi connectivity index (χ1v) is 8.97. The van der Waals surface area contributed by atoms with Gasteiger partial charge in [-0.3, -0.25) is 0 Å². The van der Waals surface area contributed by atoms with E-state index in [9.17, 15) is 0 Å². The molecular weight excluding hydrogens is 310 g/mol. The summed E-state index contributed by atoms with van der Waals surface area (Å²) < 4.78 is 0. The van der Waals surface area contributed by atoms with Gasteiger partial charge in [0.05, 0.1) is 5.69 Å². The summed E-state index contributed by atoms with van der Waals surface area (Å²) in [5.41, 5.74) is 4.11. The van der Waals surface area contributed by atoms with Crippen LogP contribution in [0.5, 0.6) is 0 Å². The molecule has 0 bridgehead atoms. The highest BCUT2D eigenvalue weighted by atomic mass is 15.1. The Kier molecular flexibility index (Phi) is 4.30. The fourth-order valence-corrected chi connectivity index (χ4v) is 3.69. The van der Waals surface area contributed by atoms with E-state index >= 15 is 0 Å². The topological polar surface area (TPSA) is 54.8 Å². The van der Waals surface area contributed by atoms with Gasteiger partial charge in [0.25, 0.3) is 0 Å². The van der Waals surface area contributed by atoms with E-state index in [1.807, 2.05) is 37.5 Å². The molecule has 0 atom stereocenters. The molecule has 0 unspecified atom stereocenters. The Hall–Kier alpha value is -2.56. The van der Waals surface area contributed by atoms with Crippen molar-refractivity contribution < 1.29 is 0 Å². The molecule has 25 heavy (non-hydrogen) atoms. The molecule has 4 rings (SSSR count). The number of hydrogen-bond acceptors (Lipinski definition) is 5. The lowest BCUT2D eigenvalue weighted by molar-refractivity contribution is 0.445. The molecule has 1 aliphatic rings. The van der Waals surface area contributed by atoms with Gasteiger partial charge in [-0.1, -0.05) is 19.3 Å². The van der Waals surface area contributed by atoms with Gasteiger partial charge in [0.15, 0.2) is 5.65 Å². The average molecular weight is 333 g/mol. The molecule has 3 aromatic heterocycles. The van der Waals surface area contributed by atoms with Crippen molar-refractivity contribution in [2.45, 2.75) is 38.0 Å². The smallest absolute Gasteiger partial charge is 0.163 e. The average Bonchev–Trinajstić information content (AvgIpc) is 2.68. The van der Waals surface area contributed by atoms with Crippen molar-refractivity contribution in [2.75, 3.05) is 19.0 Å². The molecule has 5 heteroatoms. The molecule has 1 fully saturated rings. The van der Waals surface area contributed by atoms with Crippen LogP contribution in [0.15, 0.2) is 36.9 Å². The monoisotopic (exact) mass is 333 g/mol. The SMILES string of the molecule is CN(C)c1ccc(-c2cc(C3CCCCC3)c3cncnc3n2)cn1. The summed E-state index contributed by atoms with van der Waals surface area (Å²) in [4.78, 5) is 19.9. The van der Waals surface area contributed by atoms with Gasteiger partial charge in [-0.2, -0.15) is 0 Å². The minimum absolute atomic E-state index is 0.581. The minimum Gasteiger partial charge on any atom is -0.363 e. The summed E-state index contributed by atoms with van der Waals surface area (Å²) in [5.74, 6) is 1.53.